The Kier molecular flexibility index (Phi) is 7.23. The number of rotatable bonds is 8. The van der Waals surface area contributed by atoms with Gasteiger partial charge in [0.1, 0.15) is 0 Å². The van der Waals surface area contributed by atoms with Crippen molar-refractivity contribution >= 4 is 0 Å². The van der Waals surface area contributed by atoms with Gasteiger partial charge in [0.25, 0.3) is 0 Å². The van der Waals surface area contributed by atoms with Crippen LogP contribution in [0.1, 0.15) is 12.8 Å². The average molecular weight is 296 g/mol. The van der Waals surface area contributed by atoms with Gasteiger partial charge in [-0.3, -0.25) is 9.80 Å². The molecular weight excluding hydrogens is 268 g/mol. The molecule has 2 saturated heterocycles. The van der Waals surface area contributed by atoms with E-state index in [-0.39, 0.29) is 0 Å². The van der Waals surface area contributed by atoms with E-state index in [0.717, 1.165) is 90.1 Å². The van der Waals surface area contributed by atoms with Crippen LogP contribution in [0.5, 0.6) is 0 Å². The van der Waals surface area contributed by atoms with Crippen molar-refractivity contribution in [1.29, 1.82) is 0 Å². The van der Waals surface area contributed by atoms with Crippen LogP contribution in [-0.4, -0.2) is 75.5 Å². The lowest BCUT2D eigenvalue weighted by atomic mass is 10.3. The van der Waals surface area contributed by atoms with Gasteiger partial charge < -0.3 is 14.2 Å². The fourth-order valence-electron chi connectivity index (χ4n) is 2.52. The Balaban J connectivity index is 1.54. The lowest BCUT2D eigenvalue weighted by molar-refractivity contribution is 0.0352. The third-order valence-corrected chi connectivity index (χ3v) is 3.91. The molecule has 2 fully saturated rings. The van der Waals surface area contributed by atoms with Crippen LogP contribution in [0.4, 0.5) is 0 Å². The second-order valence-electron chi connectivity index (χ2n) is 5.59. The number of nitrogens with zero attached hydrogens (tertiary/aromatic N) is 2. The molecule has 2 aliphatic rings. The second kappa shape index (κ2) is 9.20. The Labute approximate surface area is 128 Å². The molecule has 2 heterocycles. The summed E-state index contributed by atoms with van der Waals surface area (Å²) in [5.41, 5.74) is 0. The van der Waals surface area contributed by atoms with Crippen LogP contribution in [0.3, 0.4) is 0 Å². The lowest BCUT2D eigenvalue weighted by Gasteiger charge is -2.27. The summed E-state index contributed by atoms with van der Waals surface area (Å²) in [6.45, 7) is 17.3. The molecule has 0 aliphatic carbocycles. The van der Waals surface area contributed by atoms with E-state index in [0.29, 0.717) is 0 Å². The molecule has 0 aromatic carbocycles. The first-order chi connectivity index (χ1) is 10.2. The Bertz CT molecular complexity index is 302. The number of hydrogen-bond donors (Lipinski definition) is 0. The third-order valence-electron chi connectivity index (χ3n) is 3.91. The molecule has 21 heavy (non-hydrogen) atoms. The van der Waals surface area contributed by atoms with Gasteiger partial charge in [0, 0.05) is 52.1 Å². The monoisotopic (exact) mass is 296 g/mol. The van der Waals surface area contributed by atoms with Crippen LogP contribution < -0.4 is 0 Å². The molecule has 5 heteroatoms. The summed E-state index contributed by atoms with van der Waals surface area (Å²) in [5.74, 6) is 1.63. The van der Waals surface area contributed by atoms with E-state index in [1.807, 2.05) is 0 Å². The third kappa shape index (κ3) is 6.61. The van der Waals surface area contributed by atoms with E-state index in [4.69, 9.17) is 14.2 Å². The van der Waals surface area contributed by atoms with E-state index in [1.54, 1.807) is 0 Å². The van der Waals surface area contributed by atoms with E-state index >= 15 is 0 Å². The fraction of sp³-hybridized carbons (Fsp3) is 0.750. The van der Waals surface area contributed by atoms with Crippen molar-refractivity contribution in [3.63, 3.8) is 0 Å². The van der Waals surface area contributed by atoms with Crippen LogP contribution in [0, 0.1) is 0 Å². The summed E-state index contributed by atoms with van der Waals surface area (Å²) in [6.07, 6.45) is 1.72. The first kappa shape index (κ1) is 16.5. The maximum Gasteiger partial charge on any atom is 0.0977 e. The highest BCUT2D eigenvalue weighted by atomic mass is 16.5. The van der Waals surface area contributed by atoms with E-state index in [2.05, 4.69) is 23.0 Å². The lowest BCUT2D eigenvalue weighted by Crippen LogP contribution is -2.37. The van der Waals surface area contributed by atoms with Gasteiger partial charge in [-0.15, -0.1) is 0 Å². The Morgan fingerprint density at radius 2 is 1.14 bits per heavy atom. The summed E-state index contributed by atoms with van der Waals surface area (Å²) >= 11 is 0. The SMILES string of the molecule is C=C(CCN1CCOCC1)OC(=C)CCN1CCOCC1. The average Bonchev–Trinajstić information content (AvgIpc) is 2.53. The summed E-state index contributed by atoms with van der Waals surface area (Å²) < 4.78 is 16.4. The molecule has 0 amide bonds. The van der Waals surface area contributed by atoms with Crippen molar-refractivity contribution in [2.24, 2.45) is 0 Å². The molecular formula is C16H28N2O3. The van der Waals surface area contributed by atoms with E-state index in [1.165, 1.54) is 0 Å². The number of hydrogen-bond acceptors (Lipinski definition) is 5. The smallest absolute Gasteiger partial charge is 0.0977 e. The van der Waals surface area contributed by atoms with Gasteiger partial charge in [-0.2, -0.15) is 0 Å². The van der Waals surface area contributed by atoms with E-state index < -0.39 is 0 Å². The van der Waals surface area contributed by atoms with Crippen LogP contribution in [-0.2, 0) is 14.2 Å². The second-order valence-corrected chi connectivity index (χ2v) is 5.59. The van der Waals surface area contributed by atoms with Crippen LogP contribution in [0.2, 0.25) is 0 Å². The fourth-order valence-corrected chi connectivity index (χ4v) is 2.52. The quantitative estimate of drug-likeness (QED) is 0.634. The zero-order valence-electron chi connectivity index (χ0n) is 13.0. The maximum atomic E-state index is 5.73. The van der Waals surface area contributed by atoms with Gasteiger partial charge in [-0.1, -0.05) is 13.2 Å². The van der Waals surface area contributed by atoms with Crippen molar-refractivity contribution in [1.82, 2.24) is 9.80 Å². The minimum atomic E-state index is 0.813. The molecule has 0 bridgehead atoms. The zero-order chi connectivity index (χ0) is 14.9. The zero-order valence-corrected chi connectivity index (χ0v) is 13.0. The first-order valence-corrected chi connectivity index (χ1v) is 7.87. The molecule has 0 aromatic rings. The summed E-state index contributed by atoms with van der Waals surface area (Å²) in [5, 5.41) is 0. The van der Waals surface area contributed by atoms with Gasteiger partial charge in [0.05, 0.1) is 37.9 Å². The molecule has 0 spiro atoms. The number of ether oxygens (including phenoxy) is 3. The summed E-state index contributed by atoms with van der Waals surface area (Å²) in [6, 6.07) is 0. The van der Waals surface area contributed by atoms with Gasteiger partial charge in [0.15, 0.2) is 0 Å². The standard InChI is InChI=1S/C16H28N2O3/c1-15(3-5-17-7-11-19-12-8-17)21-16(2)4-6-18-9-13-20-14-10-18/h1-14H2. The Morgan fingerprint density at radius 1 is 0.762 bits per heavy atom. The number of morpholine rings is 2. The van der Waals surface area contributed by atoms with Gasteiger partial charge >= 0.3 is 0 Å². The predicted molar refractivity (Wildman–Crippen MR) is 83.1 cm³/mol. The van der Waals surface area contributed by atoms with Gasteiger partial charge in [-0.05, 0) is 0 Å². The first-order valence-electron chi connectivity index (χ1n) is 7.87. The molecule has 0 N–H and O–H groups in total. The minimum Gasteiger partial charge on any atom is -0.467 e. The molecule has 120 valence electrons. The molecule has 2 aliphatic heterocycles. The molecule has 5 nitrogen and oxygen atoms in total. The van der Waals surface area contributed by atoms with Crippen molar-refractivity contribution in [2.75, 3.05) is 65.7 Å². The van der Waals surface area contributed by atoms with Crippen LogP contribution in [0.25, 0.3) is 0 Å². The van der Waals surface area contributed by atoms with Crippen molar-refractivity contribution in [3.05, 3.63) is 24.7 Å². The van der Waals surface area contributed by atoms with Crippen LogP contribution >= 0.6 is 0 Å². The molecule has 0 aromatic heterocycles. The maximum absolute atomic E-state index is 5.73. The summed E-state index contributed by atoms with van der Waals surface area (Å²) in [4.78, 5) is 4.77. The molecule has 0 saturated carbocycles. The van der Waals surface area contributed by atoms with Crippen molar-refractivity contribution in [2.45, 2.75) is 12.8 Å². The normalized spacial score (nSPS) is 21.1. The Morgan fingerprint density at radius 3 is 1.52 bits per heavy atom. The van der Waals surface area contributed by atoms with Gasteiger partial charge in [0.2, 0.25) is 0 Å². The topological polar surface area (TPSA) is 34.2 Å². The largest absolute Gasteiger partial charge is 0.467 e. The minimum absolute atomic E-state index is 0.813. The van der Waals surface area contributed by atoms with Crippen LogP contribution in [0.15, 0.2) is 24.7 Å². The van der Waals surface area contributed by atoms with E-state index in [9.17, 15) is 0 Å². The van der Waals surface area contributed by atoms with Crippen molar-refractivity contribution < 1.29 is 14.2 Å². The van der Waals surface area contributed by atoms with Crippen molar-refractivity contribution in [3.8, 4) is 0 Å². The highest BCUT2D eigenvalue weighted by Gasteiger charge is 2.12. The molecule has 0 unspecified atom stereocenters. The molecule has 0 radical (unpaired) electrons. The highest BCUT2D eigenvalue weighted by molar-refractivity contribution is 4.94. The molecule has 2 rings (SSSR count). The molecule has 0 atom stereocenters. The summed E-state index contributed by atoms with van der Waals surface area (Å²) in [7, 11) is 0. The Hall–Kier alpha value is -0.880. The van der Waals surface area contributed by atoms with Gasteiger partial charge in [-0.25, -0.2) is 0 Å². The predicted octanol–water partition coefficient (Wildman–Crippen LogP) is 1.48. The highest BCUT2D eigenvalue weighted by Crippen LogP contribution is 2.12.